The van der Waals surface area contributed by atoms with Crippen LogP contribution >= 0.6 is 0 Å². The Kier molecular flexibility index (Phi) is 3.24. The maximum Gasteiger partial charge on any atom is 0.142 e. The molecule has 0 atom stereocenters. The molecule has 0 fully saturated rings. The molecule has 4 N–H and O–H groups in total. The third-order valence-corrected chi connectivity index (χ3v) is 3.18. The van der Waals surface area contributed by atoms with E-state index >= 15 is 0 Å². The molecule has 0 aliphatic carbocycles. The Morgan fingerprint density at radius 2 is 2.05 bits per heavy atom. The van der Waals surface area contributed by atoms with Crippen LogP contribution in [0.2, 0.25) is 0 Å². The van der Waals surface area contributed by atoms with Crippen molar-refractivity contribution in [1.82, 2.24) is 15.2 Å². The minimum absolute atomic E-state index is 0.113. The van der Waals surface area contributed by atoms with Crippen molar-refractivity contribution in [2.24, 2.45) is 0 Å². The Balaban J connectivity index is 2.81. The van der Waals surface area contributed by atoms with Crippen molar-refractivity contribution in [2.75, 3.05) is 5.73 Å². The second kappa shape index (κ2) is 4.62. The average Bonchev–Trinajstić information content (AvgIpc) is 2.67. The molecule has 2 rings (SSSR count). The van der Waals surface area contributed by atoms with Crippen LogP contribution in [0.5, 0.6) is 0 Å². The Morgan fingerprint density at radius 1 is 1.40 bits per heavy atom. The number of rotatable bonds is 2. The molecule has 104 valence electrons. The molecular formula is C14H17N5O. The topological polar surface area (TPSA) is 112 Å². The van der Waals surface area contributed by atoms with Crippen LogP contribution in [0.3, 0.4) is 0 Å². The molecular weight excluding hydrogens is 254 g/mol. The van der Waals surface area contributed by atoms with Gasteiger partial charge in [0.25, 0.3) is 0 Å². The Labute approximate surface area is 117 Å². The van der Waals surface area contributed by atoms with Gasteiger partial charge < -0.3 is 10.8 Å². The highest BCUT2D eigenvalue weighted by molar-refractivity contribution is 5.78. The third kappa shape index (κ3) is 2.24. The molecule has 0 aromatic carbocycles. The second-order valence-corrected chi connectivity index (χ2v) is 5.30. The molecule has 2 heterocycles. The minimum atomic E-state index is -1.14. The third-order valence-electron chi connectivity index (χ3n) is 3.18. The van der Waals surface area contributed by atoms with Crippen LogP contribution in [0.4, 0.5) is 5.82 Å². The molecule has 0 spiro atoms. The monoisotopic (exact) mass is 271 g/mol. The van der Waals surface area contributed by atoms with E-state index in [2.05, 4.69) is 21.3 Å². The predicted octanol–water partition coefficient (Wildman–Crippen LogP) is 1.77. The van der Waals surface area contributed by atoms with E-state index in [1.165, 1.54) is 0 Å². The number of nitriles is 1. The first kappa shape index (κ1) is 14.0. The van der Waals surface area contributed by atoms with Crippen LogP contribution in [-0.4, -0.2) is 20.3 Å². The lowest BCUT2D eigenvalue weighted by molar-refractivity contribution is 0.0740. The zero-order valence-electron chi connectivity index (χ0n) is 11.9. The molecule has 2 aromatic heterocycles. The van der Waals surface area contributed by atoms with Crippen molar-refractivity contribution < 1.29 is 5.11 Å². The summed E-state index contributed by atoms with van der Waals surface area (Å²) in [5.41, 5.74) is 8.51. The minimum Gasteiger partial charge on any atom is -0.384 e. The van der Waals surface area contributed by atoms with Crippen molar-refractivity contribution >= 4 is 5.82 Å². The van der Waals surface area contributed by atoms with Gasteiger partial charge in [0.05, 0.1) is 11.4 Å². The van der Waals surface area contributed by atoms with E-state index in [1.807, 2.05) is 13.8 Å². The largest absolute Gasteiger partial charge is 0.384 e. The molecule has 6 heteroatoms. The molecule has 0 aliphatic rings. The van der Waals surface area contributed by atoms with E-state index < -0.39 is 5.60 Å². The van der Waals surface area contributed by atoms with Gasteiger partial charge in [0.15, 0.2) is 0 Å². The SMILES string of the molecule is Cc1n[nH]c(C)c1-c1cc(C(C)(C)O)nc(N)c1C#N. The first-order valence-electron chi connectivity index (χ1n) is 6.21. The highest BCUT2D eigenvalue weighted by Crippen LogP contribution is 2.33. The molecule has 0 saturated carbocycles. The maximum atomic E-state index is 10.1. The van der Waals surface area contributed by atoms with Gasteiger partial charge in [-0.05, 0) is 33.8 Å². The molecule has 0 amide bonds. The van der Waals surface area contributed by atoms with Crippen LogP contribution in [-0.2, 0) is 5.60 Å². The quantitative estimate of drug-likeness (QED) is 0.770. The molecule has 0 radical (unpaired) electrons. The summed E-state index contributed by atoms with van der Waals surface area (Å²) in [6.45, 7) is 6.97. The summed E-state index contributed by atoms with van der Waals surface area (Å²) < 4.78 is 0. The lowest BCUT2D eigenvalue weighted by Gasteiger charge is -2.19. The number of aromatic amines is 1. The fraction of sp³-hybridized carbons (Fsp3) is 0.357. The first-order chi connectivity index (χ1) is 9.25. The number of nitrogens with two attached hydrogens (primary N) is 1. The molecule has 0 aliphatic heterocycles. The number of anilines is 1. The molecule has 20 heavy (non-hydrogen) atoms. The predicted molar refractivity (Wildman–Crippen MR) is 75.7 cm³/mol. The number of pyridine rings is 1. The Bertz CT molecular complexity index is 684. The van der Waals surface area contributed by atoms with E-state index in [1.54, 1.807) is 19.9 Å². The number of nitrogens with one attached hydrogen (secondary N) is 1. The van der Waals surface area contributed by atoms with Gasteiger partial charge in [0.1, 0.15) is 23.1 Å². The first-order valence-corrected chi connectivity index (χ1v) is 6.21. The summed E-state index contributed by atoms with van der Waals surface area (Å²) >= 11 is 0. The number of aryl methyl sites for hydroxylation is 2. The Morgan fingerprint density at radius 3 is 2.50 bits per heavy atom. The number of aliphatic hydroxyl groups is 1. The van der Waals surface area contributed by atoms with Gasteiger partial charge in [0, 0.05) is 16.8 Å². The fourth-order valence-electron chi connectivity index (χ4n) is 2.14. The van der Waals surface area contributed by atoms with Gasteiger partial charge in [-0.25, -0.2) is 4.98 Å². The van der Waals surface area contributed by atoms with Crippen molar-refractivity contribution in [3.8, 4) is 17.2 Å². The zero-order valence-corrected chi connectivity index (χ0v) is 11.9. The van der Waals surface area contributed by atoms with Gasteiger partial charge in [-0.1, -0.05) is 0 Å². The average molecular weight is 271 g/mol. The maximum absolute atomic E-state index is 10.1. The number of aromatic nitrogens is 3. The van der Waals surface area contributed by atoms with Crippen molar-refractivity contribution in [3.05, 3.63) is 28.7 Å². The van der Waals surface area contributed by atoms with Gasteiger partial charge in [-0.3, -0.25) is 5.10 Å². The van der Waals surface area contributed by atoms with Gasteiger partial charge >= 0.3 is 0 Å². The highest BCUT2D eigenvalue weighted by Gasteiger charge is 2.24. The van der Waals surface area contributed by atoms with Crippen molar-refractivity contribution in [2.45, 2.75) is 33.3 Å². The van der Waals surface area contributed by atoms with E-state index in [9.17, 15) is 10.4 Å². The Hall–Kier alpha value is -2.39. The molecule has 0 bridgehead atoms. The fourth-order valence-corrected chi connectivity index (χ4v) is 2.14. The number of nitrogens with zero attached hydrogens (tertiary/aromatic N) is 3. The summed E-state index contributed by atoms with van der Waals surface area (Å²) in [4.78, 5) is 4.12. The number of hydrogen-bond acceptors (Lipinski definition) is 5. The van der Waals surface area contributed by atoms with Crippen LogP contribution in [0, 0.1) is 25.2 Å². The molecule has 2 aromatic rings. The summed E-state index contributed by atoms with van der Waals surface area (Å²) in [6, 6.07) is 3.77. The van der Waals surface area contributed by atoms with Crippen LogP contribution < -0.4 is 5.73 Å². The highest BCUT2D eigenvalue weighted by atomic mass is 16.3. The van der Waals surface area contributed by atoms with Gasteiger partial charge in [0.2, 0.25) is 0 Å². The van der Waals surface area contributed by atoms with Gasteiger partial charge in [-0.15, -0.1) is 0 Å². The molecule has 0 saturated heterocycles. The van der Waals surface area contributed by atoms with Crippen LogP contribution in [0.25, 0.3) is 11.1 Å². The normalized spacial score (nSPS) is 11.4. The van der Waals surface area contributed by atoms with Crippen LogP contribution in [0.1, 0.15) is 36.5 Å². The van der Waals surface area contributed by atoms with Gasteiger partial charge in [-0.2, -0.15) is 10.4 Å². The van der Waals surface area contributed by atoms with Crippen molar-refractivity contribution in [3.63, 3.8) is 0 Å². The van der Waals surface area contributed by atoms with Crippen molar-refractivity contribution in [1.29, 1.82) is 5.26 Å². The van der Waals surface area contributed by atoms with E-state index in [-0.39, 0.29) is 5.82 Å². The van der Waals surface area contributed by atoms with E-state index in [4.69, 9.17) is 5.73 Å². The number of nitrogen functional groups attached to an aromatic ring is 1. The lowest BCUT2D eigenvalue weighted by atomic mass is 9.95. The summed E-state index contributed by atoms with van der Waals surface area (Å²) in [5.74, 6) is 0.113. The molecule has 0 unspecified atom stereocenters. The molecule has 6 nitrogen and oxygen atoms in total. The zero-order chi connectivity index (χ0) is 15.1. The number of hydrogen-bond donors (Lipinski definition) is 3. The summed E-state index contributed by atoms with van der Waals surface area (Å²) in [6.07, 6.45) is 0. The van der Waals surface area contributed by atoms with E-state index in [0.717, 1.165) is 17.0 Å². The van der Waals surface area contributed by atoms with E-state index in [0.29, 0.717) is 16.8 Å². The standard InChI is InChI=1S/C14H17N5O/c1-7-12(8(2)19-18-7)9-5-11(14(3,4)20)17-13(16)10(9)6-15/h5,20H,1-4H3,(H2,16,17)(H,18,19). The summed E-state index contributed by atoms with van der Waals surface area (Å²) in [5, 5.41) is 26.4. The number of H-pyrrole nitrogens is 1. The second-order valence-electron chi connectivity index (χ2n) is 5.30. The smallest absolute Gasteiger partial charge is 0.142 e. The summed E-state index contributed by atoms with van der Waals surface area (Å²) in [7, 11) is 0. The van der Waals surface area contributed by atoms with Crippen LogP contribution in [0.15, 0.2) is 6.07 Å². The lowest BCUT2D eigenvalue weighted by Crippen LogP contribution is -2.19.